The van der Waals surface area contributed by atoms with Crippen molar-refractivity contribution >= 4 is 56.9 Å². The number of hydrogen-bond donors (Lipinski definition) is 7. The van der Waals surface area contributed by atoms with Crippen LogP contribution in [0.15, 0.2) is 40.9 Å². The summed E-state index contributed by atoms with van der Waals surface area (Å²) in [5, 5.41) is 19.5. The summed E-state index contributed by atoms with van der Waals surface area (Å²) in [4.78, 5) is 76.3. The van der Waals surface area contributed by atoms with Crippen LogP contribution in [-0.4, -0.2) is 118 Å². The van der Waals surface area contributed by atoms with Gasteiger partial charge in [0.15, 0.2) is 17.3 Å². The van der Waals surface area contributed by atoms with E-state index in [4.69, 9.17) is 20.3 Å². The molecule has 356 valence electrons. The number of nitrogens with one attached hydrogen (secondary N) is 5. The van der Waals surface area contributed by atoms with Crippen molar-refractivity contribution in [2.45, 2.75) is 124 Å². The number of halogens is 1. The Balaban J connectivity index is 0.00000155. The molecule has 1 aliphatic rings. The van der Waals surface area contributed by atoms with Crippen molar-refractivity contribution in [2.24, 2.45) is 5.92 Å². The van der Waals surface area contributed by atoms with Gasteiger partial charge in [0.2, 0.25) is 23.6 Å². The predicted octanol–water partition coefficient (Wildman–Crippen LogP) is 5.07. The van der Waals surface area contributed by atoms with Gasteiger partial charge in [-0.25, -0.2) is 0 Å². The number of carbonyl (C=O) groups excluding carboxylic acids is 6. The van der Waals surface area contributed by atoms with Gasteiger partial charge in [0, 0.05) is 35.3 Å². The topological polar surface area (TPSA) is 231 Å². The highest BCUT2D eigenvalue weighted by molar-refractivity contribution is 9.10. The van der Waals surface area contributed by atoms with Crippen LogP contribution < -0.4 is 41.8 Å². The van der Waals surface area contributed by atoms with Gasteiger partial charge in [-0.1, -0.05) is 58.9 Å². The fourth-order valence-electron chi connectivity index (χ4n) is 6.27. The third-order valence-corrected chi connectivity index (χ3v) is 10.8. The van der Waals surface area contributed by atoms with Crippen LogP contribution in [-0.2, 0) is 24.0 Å². The maximum Gasteiger partial charge on any atom is 0.251 e. The lowest BCUT2D eigenvalue weighted by molar-refractivity contribution is -0.131. The Kier molecular flexibility index (Phi) is 31.2. The highest BCUT2D eigenvalue weighted by Gasteiger charge is 2.23. The quantitative estimate of drug-likeness (QED) is 0.0646. The second-order valence-corrected chi connectivity index (χ2v) is 16.3. The number of anilines is 1. The molecule has 5 amide bonds. The number of rotatable bonds is 21. The molecule has 0 bridgehead atoms. The summed E-state index contributed by atoms with van der Waals surface area (Å²) in [5.41, 5.74) is 7.58. The molecular formula is C46H76BrN7O9. The van der Waals surface area contributed by atoms with Crippen LogP contribution in [0, 0.1) is 12.8 Å². The molecule has 0 saturated heterocycles. The number of nitrogens with two attached hydrogens (primary N) is 1. The molecule has 0 spiro atoms. The normalized spacial score (nSPS) is 12.9. The van der Waals surface area contributed by atoms with Crippen LogP contribution >= 0.6 is 15.9 Å². The zero-order valence-electron chi connectivity index (χ0n) is 39.3. The fraction of sp³-hybridized carbons (Fsp3) is 0.609. The molecule has 8 N–H and O–H groups in total. The number of amides is 5. The van der Waals surface area contributed by atoms with Gasteiger partial charge in [0.05, 0.1) is 33.9 Å². The summed E-state index contributed by atoms with van der Waals surface area (Å²) < 4.78 is 10.8. The molecule has 1 saturated carbocycles. The maximum absolute atomic E-state index is 12.7. The smallest absolute Gasteiger partial charge is 0.251 e. The summed E-state index contributed by atoms with van der Waals surface area (Å²) in [5.74, 6) is -0.336. The van der Waals surface area contributed by atoms with Crippen molar-refractivity contribution in [3.05, 3.63) is 52.0 Å². The largest absolute Gasteiger partial charge is 0.493 e. The molecule has 0 radical (unpaired) electrons. The van der Waals surface area contributed by atoms with Crippen molar-refractivity contribution < 1.29 is 43.3 Å². The molecule has 0 aliphatic heterocycles. The number of ether oxygens (including phenoxy) is 2. The Morgan fingerprint density at radius 2 is 1.41 bits per heavy atom. The molecule has 3 rings (SSSR count). The minimum atomic E-state index is -0.998. The molecule has 16 nitrogen and oxygen atoms in total. The van der Waals surface area contributed by atoms with Crippen molar-refractivity contribution in [3.8, 4) is 11.5 Å². The van der Waals surface area contributed by atoms with Crippen LogP contribution in [0.2, 0.25) is 0 Å². The number of nitrogen functional groups attached to an aromatic ring is 1. The number of hydrogen-bond acceptors (Lipinski definition) is 11. The average Bonchev–Trinajstić information content (AvgIpc) is 3.27. The maximum atomic E-state index is 12.7. The summed E-state index contributed by atoms with van der Waals surface area (Å²) in [6.07, 6.45) is 9.58. The van der Waals surface area contributed by atoms with E-state index in [9.17, 15) is 28.8 Å². The number of ketones is 1. The number of Topliss-reactive ketones (excluding diaryl/α,β-unsaturated/α-hetero) is 1. The first-order valence-corrected chi connectivity index (χ1v) is 22.6. The van der Waals surface area contributed by atoms with Gasteiger partial charge in [-0.05, 0) is 118 Å². The van der Waals surface area contributed by atoms with E-state index < -0.39 is 48.2 Å². The van der Waals surface area contributed by atoms with Gasteiger partial charge in [-0.15, -0.1) is 0 Å². The molecular weight excluding hydrogens is 874 g/mol. The number of aliphatic hydroxyl groups excluding tert-OH is 1. The second-order valence-electron chi connectivity index (χ2n) is 15.5. The van der Waals surface area contributed by atoms with E-state index in [1.165, 1.54) is 50.7 Å². The Morgan fingerprint density at radius 1 is 0.810 bits per heavy atom. The number of benzene rings is 2. The van der Waals surface area contributed by atoms with Crippen LogP contribution in [0.3, 0.4) is 0 Å². The highest BCUT2D eigenvalue weighted by Crippen LogP contribution is 2.27. The molecule has 63 heavy (non-hydrogen) atoms. The molecule has 17 heteroatoms. The first-order chi connectivity index (χ1) is 29.9. The van der Waals surface area contributed by atoms with Gasteiger partial charge < -0.3 is 51.8 Å². The van der Waals surface area contributed by atoms with Gasteiger partial charge in [0.1, 0.15) is 12.1 Å². The third-order valence-electron chi connectivity index (χ3n) is 10.1. The molecule has 2 unspecified atom stereocenters. The van der Waals surface area contributed by atoms with Gasteiger partial charge >= 0.3 is 0 Å². The standard InChI is InChI=1S/C29H46BrN7O6.C9H12O2.C7H14.CH4O/c1-6-21(38)15-32-29(43)24(10-8-9-13-37(7-2)18(3)4)36-26(40)17-33-27(41)19(5)35-25(39)16-34-28(42)20-11-12-22(30)23(31)14-20;1-7-4-5-8(10-2)9(6-7)11-3;1-7-5-3-2-4-6-7;1-2/h11-12,14,18-19,24H,6-10,13,15-17,31H2,1-5H3,(H,32,43)(H,33,41)(H,34,42)(H,35,39)(H,36,40);4-6H,1-3H3;7H,2-6H2,1H3;2H,1H3. The Morgan fingerprint density at radius 3 is 1.95 bits per heavy atom. The van der Waals surface area contributed by atoms with Gasteiger partial charge in [-0.3, -0.25) is 28.8 Å². The lowest BCUT2D eigenvalue weighted by Gasteiger charge is -2.25. The average molecular weight is 951 g/mol. The molecule has 1 aliphatic carbocycles. The van der Waals surface area contributed by atoms with E-state index in [0.717, 1.165) is 44.0 Å². The monoisotopic (exact) mass is 949 g/mol. The summed E-state index contributed by atoms with van der Waals surface area (Å²) >= 11 is 3.24. The zero-order chi connectivity index (χ0) is 47.9. The minimum absolute atomic E-state index is 0.121. The SMILES string of the molecule is CC1CCCCC1.CCC(=O)CNC(=O)C(CCCCN(CC)C(C)C)NC(=O)CNC(=O)C(C)NC(=O)CNC(=O)c1ccc(Br)c(N)c1.CO.COc1ccc(C)cc1OC. The van der Waals surface area contributed by atoms with Gasteiger partial charge in [0.25, 0.3) is 5.91 Å². The van der Waals surface area contributed by atoms with E-state index >= 15 is 0 Å². The van der Waals surface area contributed by atoms with Crippen LogP contribution in [0.25, 0.3) is 0 Å². The number of nitrogens with zero attached hydrogens (tertiary/aromatic N) is 1. The molecule has 1 fully saturated rings. The molecule has 0 aromatic heterocycles. The van der Waals surface area contributed by atoms with E-state index in [2.05, 4.69) is 75.1 Å². The second kappa shape index (κ2) is 33.8. The van der Waals surface area contributed by atoms with Crippen molar-refractivity contribution in [1.82, 2.24) is 31.5 Å². The molecule has 2 aromatic carbocycles. The Labute approximate surface area is 384 Å². The fourth-order valence-corrected chi connectivity index (χ4v) is 6.52. The van der Waals surface area contributed by atoms with Crippen molar-refractivity contribution in [2.75, 3.05) is 59.8 Å². The number of aliphatic hydroxyl groups is 1. The lowest BCUT2D eigenvalue weighted by atomic mass is 9.91. The van der Waals surface area contributed by atoms with Crippen LogP contribution in [0.4, 0.5) is 5.69 Å². The molecule has 0 heterocycles. The number of aryl methyl sites for hydroxylation is 1. The summed E-state index contributed by atoms with van der Waals surface area (Å²) in [6, 6.07) is 8.98. The number of methoxy groups -OCH3 is 2. The van der Waals surface area contributed by atoms with Crippen LogP contribution in [0.5, 0.6) is 11.5 Å². The Bertz CT molecular complexity index is 1690. The highest BCUT2D eigenvalue weighted by atomic mass is 79.9. The first-order valence-electron chi connectivity index (χ1n) is 21.8. The van der Waals surface area contributed by atoms with E-state index in [0.29, 0.717) is 29.0 Å². The zero-order valence-corrected chi connectivity index (χ0v) is 40.9. The van der Waals surface area contributed by atoms with Crippen LogP contribution in [0.1, 0.15) is 115 Å². The summed E-state index contributed by atoms with van der Waals surface area (Å²) in [6.45, 7) is 14.7. The minimum Gasteiger partial charge on any atom is -0.493 e. The van der Waals surface area contributed by atoms with E-state index in [-0.39, 0.29) is 30.9 Å². The number of carbonyl (C=O) groups is 6. The Hall–Kier alpha value is -4.74. The first kappa shape index (κ1) is 58.3. The third kappa shape index (κ3) is 25.2. The number of unbranched alkanes of at least 4 members (excludes halogenated alkanes) is 1. The van der Waals surface area contributed by atoms with Crippen molar-refractivity contribution in [1.29, 1.82) is 0 Å². The van der Waals surface area contributed by atoms with Gasteiger partial charge in [-0.2, -0.15) is 0 Å². The lowest BCUT2D eigenvalue weighted by Crippen LogP contribution is -2.52. The van der Waals surface area contributed by atoms with Crippen molar-refractivity contribution in [3.63, 3.8) is 0 Å². The van der Waals surface area contributed by atoms with E-state index in [1.54, 1.807) is 33.3 Å². The van der Waals surface area contributed by atoms with E-state index in [1.807, 2.05) is 25.1 Å². The summed E-state index contributed by atoms with van der Waals surface area (Å²) in [7, 11) is 4.27. The molecule has 2 aromatic rings. The predicted molar refractivity (Wildman–Crippen MR) is 253 cm³/mol. The molecule has 2 atom stereocenters.